The summed E-state index contributed by atoms with van der Waals surface area (Å²) in [4.78, 5) is 12.0. The second-order valence-corrected chi connectivity index (χ2v) is 4.86. The second-order valence-electron chi connectivity index (χ2n) is 4.86. The predicted octanol–water partition coefficient (Wildman–Crippen LogP) is 4.64. The van der Waals surface area contributed by atoms with Gasteiger partial charge in [0, 0.05) is 0 Å². The lowest BCUT2D eigenvalue weighted by atomic mass is 10.1. The first-order valence-electron chi connectivity index (χ1n) is 7.16. The van der Waals surface area contributed by atoms with E-state index < -0.39 is 0 Å². The van der Waals surface area contributed by atoms with Crippen molar-refractivity contribution in [1.82, 2.24) is 0 Å². The average molecular weight is 268 g/mol. The van der Waals surface area contributed by atoms with Crippen LogP contribution in [-0.4, -0.2) is 5.97 Å². The van der Waals surface area contributed by atoms with Crippen molar-refractivity contribution in [2.24, 2.45) is 0 Å². The maximum absolute atomic E-state index is 12.0. The molecule has 0 heterocycles. The van der Waals surface area contributed by atoms with Gasteiger partial charge in [-0.1, -0.05) is 50.1 Å². The number of para-hydroxylation sites is 1. The molecule has 0 saturated carbocycles. The summed E-state index contributed by atoms with van der Waals surface area (Å²) in [7, 11) is 0. The van der Waals surface area contributed by atoms with E-state index in [1.165, 1.54) is 24.8 Å². The minimum absolute atomic E-state index is 0.309. The molecule has 0 aromatic heterocycles. The maximum atomic E-state index is 12.0. The van der Waals surface area contributed by atoms with Crippen molar-refractivity contribution in [1.29, 1.82) is 0 Å². The molecule has 0 N–H and O–H groups in total. The minimum Gasteiger partial charge on any atom is -0.423 e. The standard InChI is InChI=1S/C18H20O2/c1-2-3-5-8-15-11-13-16(14-12-15)18(19)20-17-9-6-4-7-10-17/h4,6-7,9-14H,2-3,5,8H2,1H3. The van der Waals surface area contributed by atoms with Gasteiger partial charge in [0.15, 0.2) is 0 Å². The van der Waals surface area contributed by atoms with Crippen LogP contribution in [-0.2, 0) is 6.42 Å². The van der Waals surface area contributed by atoms with Gasteiger partial charge in [0.25, 0.3) is 0 Å². The first-order valence-corrected chi connectivity index (χ1v) is 7.16. The van der Waals surface area contributed by atoms with Gasteiger partial charge < -0.3 is 4.74 Å². The Hall–Kier alpha value is -2.09. The Morgan fingerprint density at radius 1 is 0.950 bits per heavy atom. The van der Waals surface area contributed by atoms with Gasteiger partial charge in [-0.2, -0.15) is 0 Å². The Bertz CT molecular complexity index is 529. The molecule has 0 aliphatic rings. The molecule has 20 heavy (non-hydrogen) atoms. The molecule has 0 spiro atoms. The van der Waals surface area contributed by atoms with Gasteiger partial charge in [-0.15, -0.1) is 0 Å². The van der Waals surface area contributed by atoms with Crippen LogP contribution in [0.15, 0.2) is 54.6 Å². The zero-order valence-corrected chi connectivity index (χ0v) is 11.8. The van der Waals surface area contributed by atoms with Gasteiger partial charge in [-0.3, -0.25) is 0 Å². The van der Waals surface area contributed by atoms with Gasteiger partial charge in [0.2, 0.25) is 0 Å². The average Bonchev–Trinajstić information content (AvgIpc) is 2.49. The molecule has 2 heteroatoms. The molecule has 0 atom stereocenters. The lowest BCUT2D eigenvalue weighted by Gasteiger charge is -2.05. The van der Waals surface area contributed by atoms with E-state index in [2.05, 4.69) is 6.92 Å². The molecular weight excluding hydrogens is 248 g/mol. The summed E-state index contributed by atoms with van der Waals surface area (Å²) < 4.78 is 5.30. The normalized spacial score (nSPS) is 10.2. The predicted molar refractivity (Wildman–Crippen MR) is 81.1 cm³/mol. The van der Waals surface area contributed by atoms with Crippen molar-refractivity contribution in [2.75, 3.05) is 0 Å². The summed E-state index contributed by atoms with van der Waals surface area (Å²) in [5, 5.41) is 0. The Morgan fingerprint density at radius 3 is 2.30 bits per heavy atom. The number of carbonyl (C=O) groups excluding carboxylic acids is 1. The van der Waals surface area contributed by atoms with Gasteiger partial charge >= 0.3 is 5.97 Å². The largest absolute Gasteiger partial charge is 0.423 e. The quantitative estimate of drug-likeness (QED) is 0.433. The van der Waals surface area contributed by atoms with E-state index in [9.17, 15) is 4.79 Å². The zero-order valence-electron chi connectivity index (χ0n) is 11.8. The van der Waals surface area contributed by atoms with E-state index in [-0.39, 0.29) is 5.97 Å². The molecule has 2 nitrogen and oxygen atoms in total. The lowest BCUT2D eigenvalue weighted by Crippen LogP contribution is -2.08. The molecule has 2 aromatic rings. The molecular formula is C18H20O2. The Balaban J connectivity index is 1.94. The van der Waals surface area contributed by atoms with E-state index in [4.69, 9.17) is 4.74 Å². The van der Waals surface area contributed by atoms with Gasteiger partial charge in [-0.05, 0) is 42.7 Å². The molecule has 0 aliphatic carbocycles. The fraction of sp³-hybridized carbons (Fsp3) is 0.278. The van der Waals surface area contributed by atoms with Gasteiger partial charge in [0.05, 0.1) is 5.56 Å². The molecule has 0 saturated heterocycles. The topological polar surface area (TPSA) is 26.3 Å². The van der Waals surface area contributed by atoms with Crippen LogP contribution in [0.4, 0.5) is 0 Å². The fourth-order valence-electron chi connectivity index (χ4n) is 2.04. The molecule has 0 fully saturated rings. The summed E-state index contributed by atoms with van der Waals surface area (Å²) in [6.45, 7) is 2.20. The van der Waals surface area contributed by atoms with Crippen LogP contribution in [0.1, 0.15) is 42.1 Å². The Kier molecular flexibility index (Phi) is 5.36. The van der Waals surface area contributed by atoms with Crippen molar-refractivity contribution < 1.29 is 9.53 Å². The Labute approximate surface area is 120 Å². The summed E-state index contributed by atoms with van der Waals surface area (Å²) in [5.41, 5.74) is 1.86. The molecule has 2 aromatic carbocycles. The Morgan fingerprint density at radius 2 is 1.65 bits per heavy atom. The molecule has 0 aliphatic heterocycles. The molecule has 0 unspecified atom stereocenters. The van der Waals surface area contributed by atoms with Crippen molar-refractivity contribution in [3.05, 3.63) is 65.7 Å². The van der Waals surface area contributed by atoms with Crippen molar-refractivity contribution in [3.8, 4) is 5.75 Å². The highest BCUT2D eigenvalue weighted by molar-refractivity contribution is 5.91. The smallest absolute Gasteiger partial charge is 0.343 e. The first-order chi connectivity index (χ1) is 9.79. The number of hydrogen-bond donors (Lipinski definition) is 0. The summed E-state index contributed by atoms with van der Waals surface area (Å²) >= 11 is 0. The van der Waals surface area contributed by atoms with Crippen molar-refractivity contribution >= 4 is 5.97 Å². The number of esters is 1. The van der Waals surface area contributed by atoms with Crippen LogP contribution in [0.25, 0.3) is 0 Å². The number of hydrogen-bond acceptors (Lipinski definition) is 2. The second kappa shape index (κ2) is 7.49. The third-order valence-corrected chi connectivity index (χ3v) is 3.21. The van der Waals surface area contributed by atoms with Crippen LogP contribution in [0.3, 0.4) is 0 Å². The minimum atomic E-state index is -0.309. The summed E-state index contributed by atoms with van der Waals surface area (Å²) in [6.07, 6.45) is 4.74. The first kappa shape index (κ1) is 14.3. The third kappa shape index (κ3) is 4.23. The summed E-state index contributed by atoms with van der Waals surface area (Å²) in [6, 6.07) is 16.8. The summed E-state index contributed by atoms with van der Waals surface area (Å²) in [5.74, 6) is 0.265. The van der Waals surface area contributed by atoms with Crippen LogP contribution < -0.4 is 4.74 Å². The highest BCUT2D eigenvalue weighted by atomic mass is 16.5. The number of rotatable bonds is 6. The zero-order chi connectivity index (χ0) is 14.2. The third-order valence-electron chi connectivity index (χ3n) is 3.21. The van der Waals surface area contributed by atoms with E-state index >= 15 is 0 Å². The van der Waals surface area contributed by atoms with Crippen LogP contribution >= 0.6 is 0 Å². The number of unbranched alkanes of at least 4 members (excludes halogenated alkanes) is 2. The molecule has 0 bridgehead atoms. The number of carbonyl (C=O) groups is 1. The van der Waals surface area contributed by atoms with Crippen molar-refractivity contribution in [2.45, 2.75) is 32.6 Å². The van der Waals surface area contributed by atoms with Gasteiger partial charge in [0.1, 0.15) is 5.75 Å². The fourth-order valence-corrected chi connectivity index (χ4v) is 2.04. The van der Waals surface area contributed by atoms with Gasteiger partial charge in [-0.25, -0.2) is 4.79 Å². The van der Waals surface area contributed by atoms with E-state index in [0.29, 0.717) is 11.3 Å². The highest BCUT2D eigenvalue weighted by Crippen LogP contribution is 2.13. The van der Waals surface area contributed by atoms with Crippen molar-refractivity contribution in [3.63, 3.8) is 0 Å². The number of benzene rings is 2. The number of ether oxygens (including phenoxy) is 1. The molecule has 0 amide bonds. The highest BCUT2D eigenvalue weighted by Gasteiger charge is 2.07. The monoisotopic (exact) mass is 268 g/mol. The molecule has 2 rings (SSSR count). The SMILES string of the molecule is CCCCCc1ccc(C(=O)Oc2ccccc2)cc1. The molecule has 0 radical (unpaired) electrons. The van der Waals surface area contributed by atoms with Crippen LogP contribution in [0.5, 0.6) is 5.75 Å². The maximum Gasteiger partial charge on any atom is 0.343 e. The van der Waals surface area contributed by atoms with E-state index in [0.717, 1.165) is 6.42 Å². The van der Waals surface area contributed by atoms with Crippen LogP contribution in [0, 0.1) is 0 Å². The number of aryl methyl sites for hydroxylation is 1. The van der Waals surface area contributed by atoms with Crippen LogP contribution in [0.2, 0.25) is 0 Å². The van der Waals surface area contributed by atoms with E-state index in [1.807, 2.05) is 42.5 Å². The lowest BCUT2D eigenvalue weighted by molar-refractivity contribution is 0.0735. The van der Waals surface area contributed by atoms with E-state index in [1.54, 1.807) is 12.1 Å². The molecule has 104 valence electrons.